The van der Waals surface area contributed by atoms with Crippen molar-refractivity contribution in [2.24, 2.45) is 0 Å². The molecule has 0 amide bonds. The van der Waals surface area contributed by atoms with Gasteiger partial charge in [-0.25, -0.2) is 4.39 Å². The van der Waals surface area contributed by atoms with Gasteiger partial charge in [0.2, 0.25) is 0 Å². The predicted octanol–water partition coefficient (Wildman–Crippen LogP) is 2.01. The van der Waals surface area contributed by atoms with Crippen molar-refractivity contribution in [2.75, 3.05) is 46.9 Å². The lowest BCUT2D eigenvalue weighted by atomic mass is 10.1. The minimum atomic E-state index is -0.185. The summed E-state index contributed by atoms with van der Waals surface area (Å²) < 4.78 is 18.5. The van der Waals surface area contributed by atoms with Crippen molar-refractivity contribution in [3.05, 3.63) is 29.6 Å². The Bertz CT molecular complexity index is 403. The number of ether oxygens (including phenoxy) is 1. The van der Waals surface area contributed by atoms with E-state index in [0.717, 1.165) is 56.9 Å². The Balaban J connectivity index is 1.80. The molecule has 1 fully saturated rings. The molecule has 0 aromatic heterocycles. The molecular formula is C15H23FN2O. The number of hydrogen-bond donors (Lipinski definition) is 0. The molecule has 0 spiro atoms. The second-order valence-electron chi connectivity index (χ2n) is 5.20. The number of rotatable bonds is 5. The Kier molecular flexibility index (Phi) is 5.16. The number of methoxy groups -OCH3 is 1. The molecule has 1 aromatic carbocycles. The third kappa shape index (κ3) is 4.18. The molecule has 4 heteroatoms. The molecule has 3 nitrogen and oxygen atoms in total. The van der Waals surface area contributed by atoms with E-state index in [1.54, 1.807) is 19.2 Å². The average molecular weight is 266 g/mol. The van der Waals surface area contributed by atoms with E-state index < -0.39 is 0 Å². The quantitative estimate of drug-likeness (QED) is 0.811. The zero-order valence-corrected chi connectivity index (χ0v) is 11.9. The molecule has 1 aromatic rings. The standard InChI is InChI=1S/C15H23FN2O/c1-17-8-10-18(11-9-17)7-3-4-13-12-14(16)5-6-15(13)19-2/h5-6,12H,3-4,7-11H2,1-2H3. The molecular weight excluding hydrogens is 243 g/mol. The van der Waals surface area contributed by atoms with Crippen LogP contribution >= 0.6 is 0 Å². The van der Waals surface area contributed by atoms with Crippen LogP contribution in [0.3, 0.4) is 0 Å². The fourth-order valence-electron chi connectivity index (χ4n) is 2.51. The highest BCUT2D eigenvalue weighted by molar-refractivity contribution is 5.33. The summed E-state index contributed by atoms with van der Waals surface area (Å²) in [7, 11) is 3.80. The van der Waals surface area contributed by atoms with Gasteiger partial charge in [0.25, 0.3) is 0 Å². The number of hydrogen-bond acceptors (Lipinski definition) is 3. The lowest BCUT2D eigenvalue weighted by Gasteiger charge is -2.32. The van der Waals surface area contributed by atoms with Gasteiger partial charge in [0, 0.05) is 26.2 Å². The Morgan fingerprint density at radius 1 is 1.21 bits per heavy atom. The van der Waals surface area contributed by atoms with Crippen LogP contribution in [-0.4, -0.2) is 56.7 Å². The van der Waals surface area contributed by atoms with Gasteiger partial charge >= 0.3 is 0 Å². The van der Waals surface area contributed by atoms with Crippen LogP contribution in [0.5, 0.6) is 5.75 Å². The maximum Gasteiger partial charge on any atom is 0.123 e. The second-order valence-corrected chi connectivity index (χ2v) is 5.20. The topological polar surface area (TPSA) is 15.7 Å². The van der Waals surface area contributed by atoms with E-state index >= 15 is 0 Å². The Morgan fingerprint density at radius 3 is 2.63 bits per heavy atom. The summed E-state index contributed by atoms with van der Waals surface area (Å²) in [6, 6.07) is 4.74. The second kappa shape index (κ2) is 6.87. The fraction of sp³-hybridized carbons (Fsp3) is 0.600. The number of benzene rings is 1. The first-order chi connectivity index (χ1) is 9.19. The van der Waals surface area contributed by atoms with Gasteiger partial charge < -0.3 is 14.5 Å². The normalized spacial score (nSPS) is 17.6. The van der Waals surface area contributed by atoms with E-state index in [0.29, 0.717) is 0 Å². The van der Waals surface area contributed by atoms with Crippen molar-refractivity contribution in [3.8, 4) is 5.75 Å². The van der Waals surface area contributed by atoms with Gasteiger partial charge in [0.1, 0.15) is 11.6 Å². The largest absolute Gasteiger partial charge is 0.496 e. The minimum absolute atomic E-state index is 0.185. The monoisotopic (exact) mass is 266 g/mol. The van der Waals surface area contributed by atoms with Crippen molar-refractivity contribution < 1.29 is 9.13 Å². The summed E-state index contributed by atoms with van der Waals surface area (Å²) in [6.45, 7) is 5.63. The molecule has 1 aliphatic heterocycles. The molecule has 0 atom stereocenters. The number of nitrogens with zero attached hydrogens (tertiary/aromatic N) is 2. The molecule has 106 valence electrons. The summed E-state index contributed by atoms with van der Waals surface area (Å²) in [5, 5.41) is 0. The Labute approximate surface area is 115 Å². The van der Waals surface area contributed by atoms with Crippen LogP contribution in [0.1, 0.15) is 12.0 Å². The van der Waals surface area contributed by atoms with Crippen LogP contribution in [-0.2, 0) is 6.42 Å². The molecule has 19 heavy (non-hydrogen) atoms. The molecule has 1 saturated heterocycles. The molecule has 0 N–H and O–H groups in total. The van der Waals surface area contributed by atoms with Gasteiger partial charge in [-0.05, 0) is 50.2 Å². The summed E-state index contributed by atoms with van der Waals surface area (Å²) in [5.74, 6) is 0.607. The fourth-order valence-corrected chi connectivity index (χ4v) is 2.51. The molecule has 2 rings (SSSR count). The first-order valence-electron chi connectivity index (χ1n) is 6.92. The smallest absolute Gasteiger partial charge is 0.123 e. The lowest BCUT2D eigenvalue weighted by molar-refractivity contribution is 0.153. The summed E-state index contributed by atoms with van der Waals surface area (Å²) in [5.41, 5.74) is 0.969. The zero-order chi connectivity index (χ0) is 13.7. The van der Waals surface area contributed by atoms with E-state index in [1.807, 2.05) is 0 Å². The molecule has 1 aliphatic rings. The van der Waals surface area contributed by atoms with Gasteiger partial charge in [0.15, 0.2) is 0 Å². The van der Waals surface area contributed by atoms with Crippen LogP contribution in [0.4, 0.5) is 4.39 Å². The van der Waals surface area contributed by atoms with Crippen molar-refractivity contribution in [3.63, 3.8) is 0 Å². The summed E-state index contributed by atoms with van der Waals surface area (Å²) >= 11 is 0. The molecule has 0 bridgehead atoms. The maximum atomic E-state index is 13.2. The minimum Gasteiger partial charge on any atom is -0.496 e. The van der Waals surface area contributed by atoms with Crippen molar-refractivity contribution in [1.29, 1.82) is 0 Å². The van der Waals surface area contributed by atoms with E-state index in [2.05, 4.69) is 16.8 Å². The van der Waals surface area contributed by atoms with Crippen molar-refractivity contribution in [2.45, 2.75) is 12.8 Å². The van der Waals surface area contributed by atoms with Crippen LogP contribution in [0, 0.1) is 5.82 Å². The first kappa shape index (κ1) is 14.3. The number of piperazine rings is 1. The highest BCUT2D eigenvalue weighted by Crippen LogP contribution is 2.20. The molecule has 0 aliphatic carbocycles. The van der Waals surface area contributed by atoms with E-state index in [-0.39, 0.29) is 5.82 Å². The molecule has 0 radical (unpaired) electrons. The predicted molar refractivity (Wildman–Crippen MR) is 75.2 cm³/mol. The summed E-state index contributed by atoms with van der Waals surface area (Å²) in [6.07, 6.45) is 1.91. The van der Waals surface area contributed by atoms with Crippen LogP contribution < -0.4 is 4.74 Å². The summed E-state index contributed by atoms with van der Waals surface area (Å²) in [4.78, 5) is 4.83. The highest BCUT2D eigenvalue weighted by atomic mass is 19.1. The van der Waals surface area contributed by atoms with Crippen molar-refractivity contribution >= 4 is 0 Å². The van der Waals surface area contributed by atoms with Gasteiger partial charge in [-0.1, -0.05) is 0 Å². The van der Waals surface area contributed by atoms with E-state index in [4.69, 9.17) is 4.74 Å². The van der Waals surface area contributed by atoms with E-state index in [1.165, 1.54) is 6.07 Å². The van der Waals surface area contributed by atoms with Gasteiger partial charge in [-0.3, -0.25) is 0 Å². The Morgan fingerprint density at radius 2 is 1.95 bits per heavy atom. The zero-order valence-electron chi connectivity index (χ0n) is 11.9. The van der Waals surface area contributed by atoms with Crippen LogP contribution in [0.2, 0.25) is 0 Å². The Hall–Kier alpha value is -1.13. The first-order valence-corrected chi connectivity index (χ1v) is 6.92. The molecule has 1 heterocycles. The van der Waals surface area contributed by atoms with Gasteiger partial charge in [-0.2, -0.15) is 0 Å². The SMILES string of the molecule is COc1ccc(F)cc1CCCN1CCN(C)CC1. The number of aryl methyl sites for hydroxylation is 1. The van der Waals surface area contributed by atoms with Crippen molar-refractivity contribution in [1.82, 2.24) is 9.80 Å². The third-order valence-electron chi connectivity index (χ3n) is 3.76. The molecule has 0 saturated carbocycles. The highest BCUT2D eigenvalue weighted by Gasteiger charge is 2.13. The average Bonchev–Trinajstić information content (AvgIpc) is 2.41. The lowest BCUT2D eigenvalue weighted by Crippen LogP contribution is -2.44. The van der Waals surface area contributed by atoms with E-state index in [9.17, 15) is 4.39 Å². The van der Waals surface area contributed by atoms with Gasteiger partial charge in [-0.15, -0.1) is 0 Å². The maximum absolute atomic E-state index is 13.2. The number of likely N-dealkylation sites (N-methyl/N-ethyl adjacent to an activating group) is 1. The van der Waals surface area contributed by atoms with Crippen LogP contribution in [0.15, 0.2) is 18.2 Å². The molecule has 0 unspecified atom stereocenters. The van der Waals surface area contributed by atoms with Gasteiger partial charge in [0.05, 0.1) is 7.11 Å². The van der Waals surface area contributed by atoms with Crippen LogP contribution in [0.25, 0.3) is 0 Å². The third-order valence-corrected chi connectivity index (χ3v) is 3.76. The number of halogens is 1.